The number of primary amides is 1. The summed E-state index contributed by atoms with van der Waals surface area (Å²) in [5, 5.41) is 7.30. The summed E-state index contributed by atoms with van der Waals surface area (Å²) in [7, 11) is 0. The Morgan fingerprint density at radius 1 is 1.23 bits per heavy atom. The van der Waals surface area contributed by atoms with Crippen LogP contribution in [0.25, 0.3) is 0 Å². The van der Waals surface area contributed by atoms with Crippen LogP contribution in [0.2, 0.25) is 0 Å². The Balaban J connectivity index is 2.62. The molecule has 1 fully saturated rings. The first-order chi connectivity index (χ1) is 6.13. The van der Waals surface area contributed by atoms with Crippen LogP contribution in [0, 0.1) is 17.2 Å². The fraction of sp³-hybridized carbons (Fsp3) is 0.778. The van der Waals surface area contributed by atoms with Crippen molar-refractivity contribution in [3.63, 3.8) is 0 Å². The van der Waals surface area contributed by atoms with Crippen molar-refractivity contribution >= 4 is 11.7 Å². The van der Waals surface area contributed by atoms with Crippen LogP contribution in [0.1, 0.15) is 32.1 Å². The third kappa shape index (κ3) is 2.44. The first-order valence-corrected chi connectivity index (χ1v) is 4.76. The third-order valence-corrected chi connectivity index (χ3v) is 2.76. The minimum Gasteiger partial charge on any atom is -0.387 e. The van der Waals surface area contributed by atoms with Crippen molar-refractivity contribution in [2.75, 3.05) is 0 Å². The van der Waals surface area contributed by atoms with Crippen LogP contribution in [0.15, 0.2) is 0 Å². The van der Waals surface area contributed by atoms with Gasteiger partial charge in [0.25, 0.3) is 0 Å². The molecule has 5 N–H and O–H groups in total. The minimum atomic E-state index is -0.528. The van der Waals surface area contributed by atoms with Gasteiger partial charge in [-0.1, -0.05) is 19.3 Å². The standard InChI is InChI=1S/C9H17N3O/c10-8(11)7(9(12)13)6-4-2-1-3-5-6/h6-7H,1-5H2,(H3,10,11)(H2,12,13). The van der Waals surface area contributed by atoms with Crippen molar-refractivity contribution in [1.82, 2.24) is 0 Å². The van der Waals surface area contributed by atoms with Gasteiger partial charge in [-0.2, -0.15) is 0 Å². The van der Waals surface area contributed by atoms with E-state index in [-0.39, 0.29) is 11.8 Å². The molecule has 0 aromatic carbocycles. The fourth-order valence-electron chi connectivity index (χ4n) is 2.11. The Labute approximate surface area is 78.2 Å². The van der Waals surface area contributed by atoms with Crippen molar-refractivity contribution in [3.05, 3.63) is 0 Å². The summed E-state index contributed by atoms with van der Waals surface area (Å²) < 4.78 is 0. The maximum atomic E-state index is 11.0. The average molecular weight is 183 g/mol. The lowest BCUT2D eigenvalue weighted by molar-refractivity contribution is -0.121. The van der Waals surface area contributed by atoms with Gasteiger partial charge in [-0.3, -0.25) is 10.2 Å². The predicted molar refractivity (Wildman–Crippen MR) is 51.2 cm³/mol. The van der Waals surface area contributed by atoms with Crippen molar-refractivity contribution in [1.29, 1.82) is 5.41 Å². The molecule has 1 unspecified atom stereocenters. The molecule has 1 amide bonds. The Morgan fingerprint density at radius 2 is 1.77 bits per heavy atom. The van der Waals surface area contributed by atoms with Crippen LogP contribution in [0.3, 0.4) is 0 Å². The Kier molecular flexibility index (Phi) is 3.28. The van der Waals surface area contributed by atoms with Crippen LogP contribution in [-0.4, -0.2) is 11.7 Å². The van der Waals surface area contributed by atoms with Gasteiger partial charge in [0.05, 0.1) is 5.92 Å². The van der Waals surface area contributed by atoms with Gasteiger partial charge in [0.2, 0.25) is 5.91 Å². The van der Waals surface area contributed by atoms with Gasteiger partial charge >= 0.3 is 0 Å². The number of carbonyl (C=O) groups excluding carboxylic acids is 1. The summed E-state index contributed by atoms with van der Waals surface area (Å²) in [5.41, 5.74) is 10.6. The summed E-state index contributed by atoms with van der Waals surface area (Å²) in [5.74, 6) is -0.831. The van der Waals surface area contributed by atoms with E-state index in [1.54, 1.807) is 0 Å². The van der Waals surface area contributed by atoms with E-state index in [0.29, 0.717) is 0 Å². The minimum absolute atomic E-state index is 0.0700. The molecule has 1 saturated carbocycles. The second-order valence-corrected chi connectivity index (χ2v) is 3.73. The zero-order chi connectivity index (χ0) is 9.84. The van der Waals surface area contributed by atoms with Crippen LogP contribution >= 0.6 is 0 Å². The van der Waals surface area contributed by atoms with E-state index in [1.165, 1.54) is 6.42 Å². The summed E-state index contributed by atoms with van der Waals surface area (Å²) in [6.45, 7) is 0. The quantitative estimate of drug-likeness (QED) is 0.441. The van der Waals surface area contributed by atoms with Gasteiger partial charge in [0.15, 0.2) is 0 Å². The van der Waals surface area contributed by atoms with Crippen LogP contribution in [-0.2, 0) is 4.79 Å². The Bertz CT molecular complexity index is 195. The highest BCUT2D eigenvalue weighted by atomic mass is 16.1. The largest absolute Gasteiger partial charge is 0.387 e. The molecule has 0 bridgehead atoms. The lowest BCUT2D eigenvalue weighted by atomic mass is 9.79. The molecule has 1 rings (SSSR count). The highest BCUT2D eigenvalue weighted by molar-refractivity contribution is 6.00. The molecule has 0 aliphatic heterocycles. The van der Waals surface area contributed by atoms with Gasteiger partial charge in [0.1, 0.15) is 5.84 Å². The first kappa shape index (κ1) is 10.0. The highest BCUT2D eigenvalue weighted by Gasteiger charge is 2.30. The van der Waals surface area contributed by atoms with Crippen LogP contribution in [0.5, 0.6) is 0 Å². The van der Waals surface area contributed by atoms with Gasteiger partial charge in [-0.15, -0.1) is 0 Å². The predicted octanol–water partition coefficient (Wildman–Crippen LogP) is 0.604. The molecular weight excluding hydrogens is 166 g/mol. The van der Waals surface area contributed by atoms with E-state index < -0.39 is 11.8 Å². The van der Waals surface area contributed by atoms with Crippen molar-refractivity contribution in [2.24, 2.45) is 23.3 Å². The number of hydrogen-bond donors (Lipinski definition) is 3. The highest BCUT2D eigenvalue weighted by Crippen LogP contribution is 2.29. The third-order valence-electron chi connectivity index (χ3n) is 2.76. The van der Waals surface area contributed by atoms with Gasteiger partial charge in [0, 0.05) is 0 Å². The molecular formula is C9H17N3O. The molecule has 4 nitrogen and oxygen atoms in total. The van der Waals surface area contributed by atoms with E-state index >= 15 is 0 Å². The maximum Gasteiger partial charge on any atom is 0.228 e. The molecule has 1 aliphatic rings. The topological polar surface area (TPSA) is 93.0 Å². The van der Waals surface area contributed by atoms with Crippen molar-refractivity contribution < 1.29 is 4.79 Å². The monoisotopic (exact) mass is 183 g/mol. The van der Waals surface area contributed by atoms with E-state index in [1.807, 2.05) is 0 Å². The number of nitrogens with two attached hydrogens (primary N) is 2. The number of rotatable bonds is 3. The number of nitrogens with one attached hydrogen (secondary N) is 1. The Hall–Kier alpha value is -1.06. The Morgan fingerprint density at radius 3 is 2.15 bits per heavy atom. The van der Waals surface area contributed by atoms with Crippen LogP contribution in [0.4, 0.5) is 0 Å². The second-order valence-electron chi connectivity index (χ2n) is 3.73. The summed E-state index contributed by atoms with van der Waals surface area (Å²) >= 11 is 0. The van der Waals surface area contributed by atoms with Gasteiger partial charge < -0.3 is 11.5 Å². The smallest absolute Gasteiger partial charge is 0.228 e. The lowest BCUT2D eigenvalue weighted by Gasteiger charge is -2.27. The number of amides is 1. The molecule has 74 valence electrons. The van der Waals surface area contributed by atoms with E-state index in [4.69, 9.17) is 16.9 Å². The number of hydrogen-bond acceptors (Lipinski definition) is 2. The average Bonchev–Trinajstić information content (AvgIpc) is 2.04. The molecule has 0 heterocycles. The molecule has 13 heavy (non-hydrogen) atoms. The molecule has 4 heteroatoms. The van der Waals surface area contributed by atoms with E-state index in [2.05, 4.69) is 0 Å². The number of carbonyl (C=O) groups is 1. The molecule has 0 saturated heterocycles. The zero-order valence-corrected chi connectivity index (χ0v) is 7.75. The maximum absolute atomic E-state index is 11.0. The SMILES string of the molecule is N=C(N)C(C(N)=O)C1CCCCC1. The van der Waals surface area contributed by atoms with Crippen molar-refractivity contribution in [3.8, 4) is 0 Å². The second kappa shape index (κ2) is 4.25. The van der Waals surface area contributed by atoms with E-state index in [0.717, 1.165) is 25.7 Å². The first-order valence-electron chi connectivity index (χ1n) is 4.76. The van der Waals surface area contributed by atoms with Crippen LogP contribution < -0.4 is 11.5 Å². The number of amidine groups is 1. The lowest BCUT2D eigenvalue weighted by Crippen LogP contribution is -2.40. The zero-order valence-electron chi connectivity index (χ0n) is 7.75. The summed E-state index contributed by atoms with van der Waals surface area (Å²) in [6, 6.07) is 0. The van der Waals surface area contributed by atoms with Crippen molar-refractivity contribution in [2.45, 2.75) is 32.1 Å². The normalized spacial score (nSPS) is 20.9. The molecule has 0 spiro atoms. The summed E-state index contributed by atoms with van der Waals surface area (Å²) in [6.07, 6.45) is 5.43. The van der Waals surface area contributed by atoms with Gasteiger partial charge in [-0.25, -0.2) is 0 Å². The molecule has 0 aromatic heterocycles. The molecule has 0 radical (unpaired) electrons. The molecule has 1 atom stereocenters. The summed E-state index contributed by atoms with van der Waals surface area (Å²) in [4.78, 5) is 11.0. The fourth-order valence-corrected chi connectivity index (χ4v) is 2.11. The molecule has 0 aromatic rings. The van der Waals surface area contributed by atoms with E-state index in [9.17, 15) is 4.79 Å². The van der Waals surface area contributed by atoms with Gasteiger partial charge in [-0.05, 0) is 18.8 Å². The molecule has 1 aliphatic carbocycles.